The second-order valence-electron chi connectivity index (χ2n) is 12.3. The zero-order valence-corrected chi connectivity index (χ0v) is 29.8. The zero-order valence-electron chi connectivity index (χ0n) is 27.4. The molecular formula is C33H43BrN8O4S. The number of nitrogens with zero attached hydrogens (tertiary/aromatic N) is 6. The third-order valence-corrected chi connectivity index (χ3v) is 11.1. The molecule has 3 aromatic rings. The number of sulfonamides is 1. The molecule has 0 radical (unpaired) electrons. The predicted molar refractivity (Wildman–Crippen MR) is 193 cm³/mol. The van der Waals surface area contributed by atoms with E-state index in [0.29, 0.717) is 63.9 Å². The van der Waals surface area contributed by atoms with Crippen LogP contribution in [-0.2, 0) is 16.4 Å². The van der Waals surface area contributed by atoms with Crippen LogP contribution in [0.5, 0.6) is 11.5 Å². The Bertz CT molecular complexity index is 1740. The number of piperazine rings is 1. The maximum Gasteiger partial charge on any atom is 0.232 e. The number of fused-ring (bicyclic) bond motifs is 1. The fourth-order valence-corrected chi connectivity index (χ4v) is 7.26. The SMILES string of the molecule is C=Cc1cc(Nc2ncc(Br)c(Nc3cc4c(cc3N(C)S(C)(=O)=O)CCO4)n2)c(OC)cc1N1CCC(N2CCN(C)CC2)CC1. The topological polar surface area (TPSA) is 115 Å². The first-order valence-electron chi connectivity index (χ1n) is 15.9. The van der Waals surface area contributed by atoms with E-state index in [1.54, 1.807) is 13.3 Å². The summed E-state index contributed by atoms with van der Waals surface area (Å²) in [5.74, 6) is 2.17. The van der Waals surface area contributed by atoms with Gasteiger partial charge in [-0.25, -0.2) is 13.4 Å². The lowest BCUT2D eigenvalue weighted by molar-refractivity contribution is 0.0982. The van der Waals surface area contributed by atoms with E-state index in [4.69, 9.17) is 14.5 Å². The highest BCUT2D eigenvalue weighted by molar-refractivity contribution is 9.10. The van der Waals surface area contributed by atoms with Crippen LogP contribution in [0.1, 0.15) is 24.0 Å². The number of anilines is 6. The molecule has 0 spiro atoms. The lowest BCUT2D eigenvalue weighted by Crippen LogP contribution is -2.52. The van der Waals surface area contributed by atoms with E-state index < -0.39 is 10.0 Å². The van der Waals surface area contributed by atoms with E-state index >= 15 is 0 Å². The standard InChI is InChI=1S/C33H43BrN8O4S/c1-6-22-17-27(31(45-4)20-28(22)42-10-7-24(8-11-42)41-14-12-39(2)13-15-41)37-33-35-21-25(34)32(38-33)36-26-19-30-23(9-16-46-30)18-29(26)40(3)47(5,43)44/h6,17-21,24H,1,7-16H2,2-5H3,(H2,35,36,37,38). The molecule has 0 unspecified atom stereocenters. The van der Waals surface area contributed by atoms with Gasteiger partial charge in [-0.2, -0.15) is 4.98 Å². The molecule has 2 fully saturated rings. The fourth-order valence-electron chi connectivity index (χ4n) is 6.46. The number of methoxy groups -OCH3 is 1. The van der Waals surface area contributed by atoms with Crippen LogP contribution in [-0.4, -0.2) is 108 Å². The van der Waals surface area contributed by atoms with Crippen LogP contribution in [0.3, 0.4) is 0 Å². The van der Waals surface area contributed by atoms with Gasteiger partial charge in [-0.05, 0) is 59.1 Å². The number of hydrogen-bond acceptors (Lipinski definition) is 11. The van der Waals surface area contributed by atoms with Crippen molar-refractivity contribution in [3.63, 3.8) is 0 Å². The quantitative estimate of drug-likeness (QED) is 0.297. The minimum atomic E-state index is -3.52. The highest BCUT2D eigenvalue weighted by Crippen LogP contribution is 2.40. The van der Waals surface area contributed by atoms with Crippen molar-refractivity contribution in [1.29, 1.82) is 0 Å². The van der Waals surface area contributed by atoms with Gasteiger partial charge in [0.05, 0.1) is 41.5 Å². The Morgan fingerprint density at radius 1 is 1.09 bits per heavy atom. The minimum Gasteiger partial charge on any atom is -0.494 e. The van der Waals surface area contributed by atoms with Crippen LogP contribution >= 0.6 is 15.9 Å². The smallest absolute Gasteiger partial charge is 0.232 e. The summed E-state index contributed by atoms with van der Waals surface area (Å²) in [7, 11) is 1.87. The van der Waals surface area contributed by atoms with Gasteiger partial charge in [-0.15, -0.1) is 0 Å². The Morgan fingerprint density at radius 3 is 2.51 bits per heavy atom. The maximum atomic E-state index is 12.5. The number of benzene rings is 2. The van der Waals surface area contributed by atoms with Gasteiger partial charge < -0.3 is 29.9 Å². The third-order valence-electron chi connectivity index (χ3n) is 9.32. The zero-order chi connectivity index (χ0) is 33.3. The summed E-state index contributed by atoms with van der Waals surface area (Å²) in [6.07, 6.45) is 7.66. The Kier molecular flexibility index (Phi) is 9.83. The number of hydrogen-bond donors (Lipinski definition) is 2. The summed E-state index contributed by atoms with van der Waals surface area (Å²) in [5, 5.41) is 6.62. The number of ether oxygens (including phenoxy) is 2. The monoisotopic (exact) mass is 726 g/mol. The van der Waals surface area contributed by atoms with Crippen molar-refractivity contribution < 1.29 is 17.9 Å². The van der Waals surface area contributed by atoms with Gasteiger partial charge in [-0.1, -0.05) is 12.7 Å². The first-order chi connectivity index (χ1) is 22.5. The van der Waals surface area contributed by atoms with Crippen molar-refractivity contribution in [1.82, 2.24) is 19.8 Å². The Morgan fingerprint density at radius 2 is 1.83 bits per heavy atom. The van der Waals surface area contributed by atoms with Crippen molar-refractivity contribution in [3.05, 3.63) is 52.6 Å². The summed E-state index contributed by atoms with van der Waals surface area (Å²) in [5.41, 5.74) is 4.79. The number of piperidine rings is 1. The Hall–Kier alpha value is -3.59. The van der Waals surface area contributed by atoms with Crippen molar-refractivity contribution in [2.45, 2.75) is 25.3 Å². The van der Waals surface area contributed by atoms with Crippen molar-refractivity contribution in [2.24, 2.45) is 0 Å². The fraction of sp³-hybridized carbons (Fsp3) is 0.455. The first kappa shape index (κ1) is 33.3. The molecule has 0 bridgehead atoms. The second kappa shape index (κ2) is 13.9. The van der Waals surface area contributed by atoms with Crippen molar-refractivity contribution in [2.75, 3.05) is 93.2 Å². The highest BCUT2D eigenvalue weighted by Gasteiger charge is 2.28. The molecule has 12 nitrogen and oxygen atoms in total. The summed E-state index contributed by atoms with van der Waals surface area (Å²) in [6.45, 7) is 11.2. The van der Waals surface area contributed by atoms with Crippen LogP contribution in [0.25, 0.3) is 6.08 Å². The predicted octanol–water partition coefficient (Wildman–Crippen LogP) is 4.92. The van der Waals surface area contributed by atoms with Gasteiger partial charge in [-0.3, -0.25) is 9.21 Å². The lowest BCUT2D eigenvalue weighted by atomic mass is 10.00. The average molecular weight is 728 g/mol. The Labute approximate surface area is 285 Å². The average Bonchev–Trinajstić information content (AvgIpc) is 3.53. The molecule has 0 amide bonds. The molecule has 0 atom stereocenters. The molecule has 4 heterocycles. The molecule has 0 aliphatic carbocycles. The van der Waals surface area contributed by atoms with Crippen LogP contribution < -0.4 is 29.3 Å². The molecule has 252 valence electrons. The van der Waals surface area contributed by atoms with E-state index in [-0.39, 0.29) is 0 Å². The van der Waals surface area contributed by atoms with E-state index in [2.05, 4.69) is 65.9 Å². The number of nitrogens with one attached hydrogen (secondary N) is 2. The molecule has 2 N–H and O–H groups in total. The summed E-state index contributed by atoms with van der Waals surface area (Å²) >= 11 is 3.55. The number of rotatable bonds is 10. The van der Waals surface area contributed by atoms with Gasteiger partial charge >= 0.3 is 0 Å². The van der Waals surface area contributed by atoms with Crippen LogP contribution in [0.4, 0.5) is 34.5 Å². The van der Waals surface area contributed by atoms with Crippen LogP contribution in [0.15, 0.2) is 41.5 Å². The van der Waals surface area contributed by atoms with E-state index in [9.17, 15) is 8.42 Å². The molecule has 1 aromatic heterocycles. The van der Waals surface area contributed by atoms with E-state index in [1.165, 1.54) is 17.6 Å². The van der Waals surface area contributed by atoms with Gasteiger partial charge in [0.15, 0.2) is 0 Å². The maximum absolute atomic E-state index is 12.5. The highest BCUT2D eigenvalue weighted by atomic mass is 79.9. The normalized spacial score (nSPS) is 17.6. The van der Waals surface area contributed by atoms with Crippen molar-refractivity contribution in [3.8, 4) is 11.5 Å². The van der Waals surface area contributed by atoms with Crippen molar-refractivity contribution >= 4 is 66.5 Å². The van der Waals surface area contributed by atoms with E-state index in [1.807, 2.05) is 24.3 Å². The molecule has 0 saturated carbocycles. The number of aromatic nitrogens is 2. The number of likely N-dealkylation sites (N-methyl/N-ethyl adjacent to an activating group) is 1. The lowest BCUT2D eigenvalue weighted by Gasteiger charge is -2.43. The Balaban J connectivity index is 1.22. The molecule has 3 aliphatic heterocycles. The van der Waals surface area contributed by atoms with Gasteiger partial charge in [0.1, 0.15) is 17.3 Å². The summed E-state index contributed by atoms with van der Waals surface area (Å²) in [6, 6.07) is 8.36. The third kappa shape index (κ3) is 7.30. The van der Waals surface area contributed by atoms with Gasteiger partial charge in [0, 0.05) is 82.8 Å². The minimum absolute atomic E-state index is 0.334. The molecular weight excluding hydrogens is 684 g/mol. The molecule has 14 heteroatoms. The van der Waals surface area contributed by atoms with Crippen LogP contribution in [0.2, 0.25) is 0 Å². The summed E-state index contributed by atoms with van der Waals surface area (Å²) in [4.78, 5) is 16.7. The van der Waals surface area contributed by atoms with Crippen LogP contribution in [0, 0.1) is 0 Å². The second-order valence-corrected chi connectivity index (χ2v) is 15.2. The summed E-state index contributed by atoms with van der Waals surface area (Å²) < 4.78 is 38.4. The molecule has 3 aliphatic rings. The largest absolute Gasteiger partial charge is 0.494 e. The molecule has 6 rings (SSSR count). The molecule has 47 heavy (non-hydrogen) atoms. The molecule has 2 aromatic carbocycles. The van der Waals surface area contributed by atoms with Gasteiger partial charge in [0.2, 0.25) is 16.0 Å². The molecule has 2 saturated heterocycles. The first-order valence-corrected chi connectivity index (χ1v) is 18.5. The number of halogens is 1. The van der Waals surface area contributed by atoms with Gasteiger partial charge in [0.25, 0.3) is 0 Å². The van der Waals surface area contributed by atoms with E-state index in [0.717, 1.165) is 68.9 Å².